The number of phenolic OH excluding ortho intramolecular Hbond substituents is 2. The Kier molecular flexibility index (Phi) is 9.40. The van der Waals surface area contributed by atoms with Crippen LogP contribution in [0.1, 0.15) is 31.4 Å². The van der Waals surface area contributed by atoms with E-state index in [-0.39, 0.29) is 23.7 Å². The Morgan fingerprint density at radius 1 is 0.475 bits per heavy atom. The van der Waals surface area contributed by atoms with Gasteiger partial charge in [0, 0.05) is 75.0 Å². The maximum absolute atomic E-state index is 12.1. The monoisotopic (exact) mass is 800 g/mol. The molecule has 0 unspecified atom stereocenters. The van der Waals surface area contributed by atoms with Gasteiger partial charge >= 0.3 is 0 Å². The molecule has 0 aliphatic heterocycles. The lowest BCUT2D eigenvalue weighted by Crippen LogP contribution is -2.23. The van der Waals surface area contributed by atoms with Crippen LogP contribution >= 0.6 is 0 Å². The number of rotatable bonds is 10. The van der Waals surface area contributed by atoms with E-state index in [0.717, 1.165) is 54.7 Å². The zero-order valence-electron chi connectivity index (χ0n) is 34.4. The van der Waals surface area contributed by atoms with E-state index in [1.165, 1.54) is 0 Å². The highest BCUT2D eigenvalue weighted by molar-refractivity contribution is 6.10. The third kappa shape index (κ3) is 6.57. The lowest BCUT2D eigenvalue weighted by Gasteiger charge is -2.23. The molecule has 0 bridgehead atoms. The number of phenols is 2. The van der Waals surface area contributed by atoms with Crippen LogP contribution in [0, 0.1) is 13.8 Å². The number of aromatic hydroxyl groups is 2. The van der Waals surface area contributed by atoms with Crippen LogP contribution < -0.4 is 9.47 Å². The van der Waals surface area contributed by atoms with Crippen LogP contribution in [0.2, 0.25) is 0 Å². The fourth-order valence-electron chi connectivity index (χ4n) is 9.01. The Morgan fingerprint density at radius 3 is 1.18 bits per heavy atom. The van der Waals surface area contributed by atoms with Gasteiger partial charge in [0.05, 0.1) is 45.6 Å². The number of benzene rings is 6. The lowest BCUT2D eigenvalue weighted by molar-refractivity contribution is 0.131. The van der Waals surface area contributed by atoms with E-state index >= 15 is 0 Å². The van der Waals surface area contributed by atoms with Gasteiger partial charge in [-0.05, 0) is 99.5 Å². The number of nitrogens with zero attached hydrogens (tertiary/aromatic N) is 4. The molecule has 0 aliphatic carbocycles. The standard InChI is InChI=1S/C53H44N4O4/c1-32-25-40(52(58)48(27-32)56-44-17-9-5-13-36(44)37-14-6-10-18-45(37)56)42-30-54-23-21-50(42)60-34(3)29-35(4)61-51-22-24-55-31-43(51)41-26-33(2)28-49(53(41)59)57-46-19-11-7-15-38(46)39-16-8-12-20-47(39)57/h5-28,30-31,34-35,58-59H,29H2,1-4H3/t34-,35-/m1/s1. The highest BCUT2D eigenvalue weighted by atomic mass is 16.5. The van der Waals surface area contributed by atoms with Gasteiger partial charge in [-0.15, -0.1) is 0 Å². The molecule has 8 heteroatoms. The van der Waals surface area contributed by atoms with E-state index in [1.54, 1.807) is 24.8 Å². The molecule has 0 radical (unpaired) electrons. The summed E-state index contributed by atoms with van der Waals surface area (Å²) in [6.07, 6.45) is 6.89. The molecule has 6 aromatic carbocycles. The van der Waals surface area contributed by atoms with E-state index in [4.69, 9.17) is 9.47 Å². The van der Waals surface area contributed by atoms with Gasteiger partial charge in [-0.3, -0.25) is 9.97 Å². The number of aryl methyl sites for hydroxylation is 2. The fourth-order valence-corrected chi connectivity index (χ4v) is 9.01. The summed E-state index contributed by atoms with van der Waals surface area (Å²) in [4.78, 5) is 8.92. The molecule has 2 atom stereocenters. The maximum atomic E-state index is 12.1. The van der Waals surface area contributed by atoms with Crippen LogP contribution in [-0.2, 0) is 0 Å². The van der Waals surface area contributed by atoms with Gasteiger partial charge in [-0.2, -0.15) is 0 Å². The van der Waals surface area contributed by atoms with Crippen molar-refractivity contribution in [2.45, 2.75) is 46.3 Å². The molecule has 10 rings (SSSR count). The van der Waals surface area contributed by atoms with Crippen molar-refractivity contribution in [3.8, 4) is 56.6 Å². The Balaban J connectivity index is 0.936. The first-order chi connectivity index (χ1) is 29.7. The predicted molar refractivity (Wildman–Crippen MR) is 246 cm³/mol. The molecule has 0 saturated heterocycles. The summed E-state index contributed by atoms with van der Waals surface area (Å²) in [5.41, 5.74) is 10.1. The summed E-state index contributed by atoms with van der Waals surface area (Å²) in [6.45, 7) is 8.10. The second kappa shape index (κ2) is 15.2. The van der Waals surface area contributed by atoms with Crippen molar-refractivity contribution in [1.82, 2.24) is 19.1 Å². The topological polar surface area (TPSA) is 94.6 Å². The van der Waals surface area contributed by atoms with Crippen LogP contribution in [0.25, 0.3) is 77.2 Å². The minimum atomic E-state index is -0.278. The van der Waals surface area contributed by atoms with Crippen molar-refractivity contribution in [3.63, 3.8) is 0 Å². The molecule has 0 amide bonds. The van der Waals surface area contributed by atoms with Crippen molar-refractivity contribution in [1.29, 1.82) is 0 Å². The number of para-hydroxylation sites is 4. The van der Waals surface area contributed by atoms with Crippen LogP contribution in [0.3, 0.4) is 0 Å². The van der Waals surface area contributed by atoms with Gasteiger partial charge in [0.2, 0.25) is 0 Å². The molecule has 0 spiro atoms. The van der Waals surface area contributed by atoms with E-state index in [2.05, 4.69) is 67.6 Å². The quantitative estimate of drug-likeness (QED) is 0.143. The average Bonchev–Trinajstić information content (AvgIpc) is 3.78. The molecule has 2 N–H and O–H groups in total. The van der Waals surface area contributed by atoms with Crippen molar-refractivity contribution in [2.24, 2.45) is 0 Å². The summed E-state index contributed by atoms with van der Waals surface area (Å²) in [6, 6.07) is 44.8. The third-order valence-corrected chi connectivity index (χ3v) is 11.6. The zero-order chi connectivity index (χ0) is 41.8. The average molecular weight is 801 g/mol. The molecule has 0 saturated carbocycles. The van der Waals surface area contributed by atoms with Gasteiger partial charge in [-0.1, -0.05) is 72.8 Å². The lowest BCUT2D eigenvalue weighted by atomic mass is 10.0. The number of fused-ring (bicyclic) bond motifs is 6. The largest absolute Gasteiger partial charge is 0.505 e. The molecule has 4 aromatic heterocycles. The first-order valence-electron chi connectivity index (χ1n) is 20.6. The first-order valence-corrected chi connectivity index (χ1v) is 20.6. The molecule has 300 valence electrons. The molecule has 10 aromatic rings. The predicted octanol–water partition coefficient (Wildman–Crippen LogP) is 12.7. The van der Waals surface area contributed by atoms with Crippen LogP contribution in [-0.4, -0.2) is 41.5 Å². The van der Waals surface area contributed by atoms with E-state index < -0.39 is 0 Å². The van der Waals surface area contributed by atoms with E-state index in [1.807, 2.05) is 113 Å². The summed E-state index contributed by atoms with van der Waals surface area (Å²) in [7, 11) is 0. The van der Waals surface area contributed by atoms with Gasteiger partial charge in [0.25, 0.3) is 0 Å². The minimum absolute atomic E-state index is 0.144. The minimum Gasteiger partial charge on any atom is -0.505 e. The molecule has 0 fully saturated rings. The Labute approximate surface area is 353 Å². The summed E-state index contributed by atoms with van der Waals surface area (Å²) < 4.78 is 17.6. The second-order valence-corrected chi connectivity index (χ2v) is 15.9. The SMILES string of the molecule is Cc1cc(-c2cnccc2O[C@H](C)C[C@@H](C)Oc2ccncc2-c2cc(C)cc(-n3c4ccccc4c4ccccc43)c2O)c(O)c(-n2c3ccccc3c3ccccc32)c1. The molecule has 4 heterocycles. The van der Waals surface area contributed by atoms with E-state index in [9.17, 15) is 10.2 Å². The van der Waals surface area contributed by atoms with Crippen LogP contribution in [0.15, 0.2) is 158 Å². The fraction of sp³-hybridized carbons (Fsp3) is 0.132. The zero-order valence-corrected chi connectivity index (χ0v) is 34.4. The van der Waals surface area contributed by atoms with Gasteiger partial charge in [0.15, 0.2) is 0 Å². The summed E-state index contributed by atoms with van der Waals surface area (Å²) in [5, 5.41) is 28.7. The molecule has 8 nitrogen and oxygen atoms in total. The van der Waals surface area contributed by atoms with Crippen LogP contribution in [0.4, 0.5) is 0 Å². The number of pyridine rings is 2. The van der Waals surface area contributed by atoms with Crippen molar-refractivity contribution in [3.05, 3.63) is 169 Å². The second-order valence-electron chi connectivity index (χ2n) is 15.9. The third-order valence-electron chi connectivity index (χ3n) is 11.6. The normalized spacial score (nSPS) is 12.7. The molecule has 0 aliphatic rings. The Bertz CT molecular complexity index is 2970. The number of hydrogen-bond donors (Lipinski definition) is 2. The van der Waals surface area contributed by atoms with Crippen molar-refractivity contribution >= 4 is 43.6 Å². The highest BCUT2D eigenvalue weighted by Gasteiger charge is 2.24. The Morgan fingerprint density at radius 2 is 0.820 bits per heavy atom. The highest BCUT2D eigenvalue weighted by Crippen LogP contribution is 2.45. The van der Waals surface area contributed by atoms with Crippen molar-refractivity contribution < 1.29 is 19.7 Å². The summed E-state index contributed by atoms with van der Waals surface area (Å²) in [5.74, 6) is 1.50. The van der Waals surface area contributed by atoms with Crippen LogP contribution in [0.5, 0.6) is 23.0 Å². The summed E-state index contributed by atoms with van der Waals surface area (Å²) >= 11 is 0. The maximum Gasteiger partial charge on any atom is 0.147 e. The smallest absolute Gasteiger partial charge is 0.147 e. The van der Waals surface area contributed by atoms with Crippen molar-refractivity contribution in [2.75, 3.05) is 0 Å². The number of ether oxygens (including phenoxy) is 2. The molecular formula is C53H44N4O4. The molecular weight excluding hydrogens is 757 g/mol. The van der Waals surface area contributed by atoms with Gasteiger partial charge < -0.3 is 28.8 Å². The number of aromatic nitrogens is 4. The Hall–Kier alpha value is -7.58. The first kappa shape index (κ1) is 37.7. The van der Waals surface area contributed by atoms with Gasteiger partial charge in [0.1, 0.15) is 23.0 Å². The van der Waals surface area contributed by atoms with E-state index in [0.29, 0.717) is 51.5 Å². The number of hydrogen-bond acceptors (Lipinski definition) is 6. The van der Waals surface area contributed by atoms with Gasteiger partial charge in [-0.25, -0.2) is 0 Å². The molecule has 61 heavy (non-hydrogen) atoms.